The van der Waals surface area contributed by atoms with E-state index in [1.54, 1.807) is 18.6 Å². The van der Waals surface area contributed by atoms with Crippen molar-refractivity contribution in [2.45, 2.75) is 13.1 Å². The number of thiazole rings is 1. The normalized spacial score (nSPS) is 11.4. The molecule has 4 aromatic rings. The molecule has 0 aliphatic heterocycles. The SMILES string of the molecule is Cc1cc(Nc2nccc(C(F)(F)F)n2)cc(-c2cnc(-c3cccnc3)s2)c1. The average molecular weight is 413 g/mol. The predicted molar refractivity (Wildman–Crippen MR) is 106 cm³/mol. The van der Waals surface area contributed by atoms with Crippen LogP contribution < -0.4 is 5.32 Å². The molecule has 0 fully saturated rings. The van der Waals surface area contributed by atoms with Crippen LogP contribution in [0.1, 0.15) is 11.3 Å². The number of aryl methyl sites for hydroxylation is 1. The Morgan fingerprint density at radius 2 is 1.83 bits per heavy atom. The van der Waals surface area contributed by atoms with Crippen LogP contribution in [-0.4, -0.2) is 19.9 Å². The Balaban J connectivity index is 1.63. The molecule has 0 radical (unpaired) electrons. The van der Waals surface area contributed by atoms with E-state index in [-0.39, 0.29) is 5.95 Å². The second-order valence-electron chi connectivity index (χ2n) is 6.25. The second kappa shape index (κ2) is 7.59. The smallest absolute Gasteiger partial charge is 0.324 e. The van der Waals surface area contributed by atoms with Gasteiger partial charge in [0, 0.05) is 36.0 Å². The highest BCUT2D eigenvalue weighted by atomic mass is 32.1. The molecular formula is C20H14F3N5S. The molecule has 4 rings (SSSR count). The summed E-state index contributed by atoms with van der Waals surface area (Å²) < 4.78 is 38.6. The maximum absolute atomic E-state index is 12.9. The van der Waals surface area contributed by atoms with Crippen molar-refractivity contribution in [1.29, 1.82) is 0 Å². The Labute approximate surface area is 168 Å². The molecule has 0 saturated heterocycles. The van der Waals surface area contributed by atoms with Gasteiger partial charge in [-0.1, -0.05) is 6.07 Å². The van der Waals surface area contributed by atoms with Gasteiger partial charge in [0.2, 0.25) is 5.95 Å². The van der Waals surface area contributed by atoms with Crippen molar-refractivity contribution in [3.05, 3.63) is 72.4 Å². The molecule has 0 spiro atoms. The van der Waals surface area contributed by atoms with Gasteiger partial charge in [0.25, 0.3) is 0 Å². The Morgan fingerprint density at radius 1 is 0.966 bits per heavy atom. The molecule has 5 nitrogen and oxygen atoms in total. The number of rotatable bonds is 4. The number of anilines is 2. The zero-order valence-electron chi connectivity index (χ0n) is 15.1. The van der Waals surface area contributed by atoms with E-state index in [4.69, 9.17) is 0 Å². The van der Waals surface area contributed by atoms with Crippen LogP contribution in [0.2, 0.25) is 0 Å². The number of hydrogen-bond acceptors (Lipinski definition) is 6. The number of nitrogens with one attached hydrogen (secondary N) is 1. The van der Waals surface area contributed by atoms with Gasteiger partial charge in [-0.2, -0.15) is 13.2 Å². The molecule has 29 heavy (non-hydrogen) atoms. The zero-order valence-corrected chi connectivity index (χ0v) is 15.9. The Kier molecular flexibility index (Phi) is 4.98. The summed E-state index contributed by atoms with van der Waals surface area (Å²) in [7, 11) is 0. The first kappa shape index (κ1) is 19.0. The van der Waals surface area contributed by atoms with E-state index in [0.29, 0.717) is 5.69 Å². The molecule has 0 amide bonds. The van der Waals surface area contributed by atoms with E-state index in [1.807, 2.05) is 37.3 Å². The van der Waals surface area contributed by atoms with Crippen LogP contribution in [-0.2, 0) is 6.18 Å². The highest BCUT2D eigenvalue weighted by molar-refractivity contribution is 7.18. The number of hydrogen-bond donors (Lipinski definition) is 1. The van der Waals surface area contributed by atoms with E-state index >= 15 is 0 Å². The molecule has 3 heterocycles. The summed E-state index contributed by atoms with van der Waals surface area (Å²) in [5.41, 5.74) is 2.36. The Hall–Kier alpha value is -3.33. The van der Waals surface area contributed by atoms with Crippen molar-refractivity contribution < 1.29 is 13.2 Å². The van der Waals surface area contributed by atoms with Crippen molar-refractivity contribution in [2.24, 2.45) is 0 Å². The molecule has 1 aromatic carbocycles. The number of nitrogens with zero attached hydrogens (tertiary/aromatic N) is 4. The van der Waals surface area contributed by atoms with Crippen LogP contribution in [0.5, 0.6) is 0 Å². The summed E-state index contributed by atoms with van der Waals surface area (Å²) >= 11 is 1.51. The van der Waals surface area contributed by atoms with Crippen molar-refractivity contribution in [3.8, 4) is 21.0 Å². The summed E-state index contributed by atoms with van der Waals surface area (Å²) in [6.45, 7) is 1.91. The fourth-order valence-corrected chi connectivity index (χ4v) is 3.63. The standard InChI is InChI=1S/C20H14F3N5S/c1-12-7-14(16-11-26-18(29-16)13-3-2-5-24-10-13)9-15(8-12)27-19-25-6-4-17(28-19)20(21,22)23/h2-11H,1H3,(H,25,27,28). The lowest BCUT2D eigenvalue weighted by molar-refractivity contribution is -0.141. The third-order valence-corrected chi connectivity index (χ3v) is 5.07. The molecule has 146 valence electrons. The van der Waals surface area contributed by atoms with E-state index in [1.165, 1.54) is 11.3 Å². The van der Waals surface area contributed by atoms with Gasteiger partial charge >= 0.3 is 6.18 Å². The summed E-state index contributed by atoms with van der Waals surface area (Å²) in [5, 5.41) is 3.70. The third kappa shape index (κ3) is 4.40. The van der Waals surface area contributed by atoms with Crippen LogP contribution in [0.15, 0.2) is 61.2 Å². The van der Waals surface area contributed by atoms with Crippen LogP contribution >= 0.6 is 11.3 Å². The molecule has 3 aromatic heterocycles. The summed E-state index contributed by atoms with van der Waals surface area (Å²) in [5.74, 6) is -0.114. The van der Waals surface area contributed by atoms with Crippen molar-refractivity contribution in [1.82, 2.24) is 19.9 Å². The van der Waals surface area contributed by atoms with Gasteiger partial charge in [-0.05, 0) is 48.4 Å². The minimum absolute atomic E-state index is 0.114. The van der Waals surface area contributed by atoms with E-state index < -0.39 is 11.9 Å². The van der Waals surface area contributed by atoms with Gasteiger partial charge in [0.15, 0.2) is 0 Å². The number of halogens is 3. The fourth-order valence-electron chi connectivity index (χ4n) is 2.73. The maximum atomic E-state index is 12.9. The lowest BCUT2D eigenvalue weighted by atomic mass is 10.1. The number of alkyl halides is 3. The molecule has 1 N–H and O–H groups in total. The highest BCUT2D eigenvalue weighted by Gasteiger charge is 2.32. The van der Waals surface area contributed by atoms with E-state index in [0.717, 1.165) is 38.8 Å². The van der Waals surface area contributed by atoms with Crippen LogP contribution in [0.3, 0.4) is 0 Å². The van der Waals surface area contributed by atoms with E-state index in [9.17, 15) is 13.2 Å². The van der Waals surface area contributed by atoms with Gasteiger partial charge in [-0.15, -0.1) is 11.3 Å². The second-order valence-corrected chi connectivity index (χ2v) is 7.28. The third-order valence-electron chi connectivity index (χ3n) is 3.98. The fraction of sp³-hybridized carbons (Fsp3) is 0.100. The molecule has 0 aliphatic rings. The topological polar surface area (TPSA) is 63.6 Å². The first-order valence-corrected chi connectivity index (χ1v) is 9.36. The largest absolute Gasteiger partial charge is 0.433 e. The van der Waals surface area contributed by atoms with Gasteiger partial charge in [0.1, 0.15) is 10.7 Å². The minimum atomic E-state index is -4.53. The van der Waals surface area contributed by atoms with Gasteiger partial charge in [0.05, 0.1) is 4.88 Å². The summed E-state index contributed by atoms with van der Waals surface area (Å²) in [6.07, 6.45) is 1.77. The molecule has 0 unspecified atom stereocenters. The average Bonchev–Trinajstić information content (AvgIpc) is 3.18. The first-order valence-electron chi connectivity index (χ1n) is 8.54. The van der Waals surface area contributed by atoms with Crippen LogP contribution in [0.4, 0.5) is 24.8 Å². The Bertz CT molecular complexity index is 1140. The van der Waals surface area contributed by atoms with Crippen molar-refractivity contribution in [3.63, 3.8) is 0 Å². The number of pyridine rings is 1. The van der Waals surface area contributed by atoms with Crippen molar-refractivity contribution in [2.75, 3.05) is 5.32 Å². The first-order chi connectivity index (χ1) is 13.9. The van der Waals surface area contributed by atoms with Gasteiger partial charge < -0.3 is 5.32 Å². The van der Waals surface area contributed by atoms with Crippen LogP contribution in [0.25, 0.3) is 21.0 Å². The molecule has 0 aliphatic carbocycles. The van der Waals surface area contributed by atoms with Crippen LogP contribution in [0, 0.1) is 6.92 Å². The Morgan fingerprint density at radius 3 is 2.59 bits per heavy atom. The van der Waals surface area contributed by atoms with Gasteiger partial charge in [-0.3, -0.25) is 4.98 Å². The summed E-state index contributed by atoms with van der Waals surface area (Å²) in [6, 6.07) is 10.3. The monoisotopic (exact) mass is 413 g/mol. The molecule has 0 atom stereocenters. The van der Waals surface area contributed by atoms with Gasteiger partial charge in [-0.25, -0.2) is 15.0 Å². The predicted octanol–water partition coefficient (Wildman–Crippen LogP) is 5.73. The minimum Gasteiger partial charge on any atom is -0.324 e. The lowest BCUT2D eigenvalue weighted by Crippen LogP contribution is -2.10. The molecule has 0 bridgehead atoms. The summed E-state index contributed by atoms with van der Waals surface area (Å²) in [4.78, 5) is 16.9. The van der Waals surface area contributed by atoms with E-state index in [2.05, 4.69) is 25.3 Å². The maximum Gasteiger partial charge on any atom is 0.433 e. The van der Waals surface area contributed by atoms with Crippen molar-refractivity contribution >= 4 is 23.0 Å². The zero-order chi connectivity index (χ0) is 20.4. The number of aromatic nitrogens is 4. The molecular weight excluding hydrogens is 399 g/mol. The molecule has 0 saturated carbocycles. The quantitative estimate of drug-likeness (QED) is 0.463. The lowest BCUT2D eigenvalue weighted by Gasteiger charge is -2.10. The molecule has 9 heteroatoms. The number of benzene rings is 1. The highest BCUT2D eigenvalue weighted by Crippen LogP contribution is 2.34.